The predicted molar refractivity (Wildman–Crippen MR) is 99.5 cm³/mol. The normalized spacial score (nSPS) is 19.9. The van der Waals surface area contributed by atoms with Crippen LogP contribution in [0.3, 0.4) is 0 Å². The average molecular weight is 332 g/mol. The lowest BCUT2D eigenvalue weighted by molar-refractivity contribution is -0.117. The minimum atomic E-state index is -0.299. The molecule has 0 radical (unpaired) electrons. The van der Waals surface area contributed by atoms with Gasteiger partial charge in [0.25, 0.3) is 0 Å². The maximum atomic E-state index is 12.6. The maximum Gasteiger partial charge on any atom is 0.238 e. The summed E-state index contributed by atoms with van der Waals surface area (Å²) in [5.41, 5.74) is 3.37. The van der Waals surface area contributed by atoms with E-state index in [0.29, 0.717) is 18.4 Å². The molecule has 1 fully saturated rings. The SMILES string of the molecule is CC(C)c1cccc(C(C)C)c1NC(=O)CN1CCC(C(C)O)C1. The summed E-state index contributed by atoms with van der Waals surface area (Å²) >= 11 is 0. The van der Waals surface area contributed by atoms with E-state index in [-0.39, 0.29) is 17.9 Å². The topological polar surface area (TPSA) is 52.6 Å². The number of hydrogen-bond donors (Lipinski definition) is 2. The highest BCUT2D eigenvalue weighted by Gasteiger charge is 2.27. The van der Waals surface area contributed by atoms with E-state index in [1.165, 1.54) is 11.1 Å². The van der Waals surface area contributed by atoms with Gasteiger partial charge in [-0.15, -0.1) is 0 Å². The summed E-state index contributed by atoms with van der Waals surface area (Å²) in [6.45, 7) is 12.5. The van der Waals surface area contributed by atoms with Crippen LogP contribution in [0.25, 0.3) is 0 Å². The molecule has 1 heterocycles. The molecule has 1 amide bonds. The van der Waals surface area contributed by atoms with E-state index < -0.39 is 0 Å². The van der Waals surface area contributed by atoms with E-state index in [2.05, 4.69) is 56.1 Å². The summed E-state index contributed by atoms with van der Waals surface area (Å²) in [5.74, 6) is 1.05. The van der Waals surface area contributed by atoms with Crippen LogP contribution >= 0.6 is 0 Å². The summed E-state index contributed by atoms with van der Waals surface area (Å²) in [7, 11) is 0. The number of rotatable bonds is 6. The van der Waals surface area contributed by atoms with Crippen molar-refractivity contribution < 1.29 is 9.90 Å². The zero-order chi connectivity index (χ0) is 17.9. The summed E-state index contributed by atoms with van der Waals surface area (Å²) in [5, 5.41) is 12.9. The van der Waals surface area contributed by atoms with Crippen LogP contribution in [-0.4, -0.2) is 41.7 Å². The van der Waals surface area contributed by atoms with Gasteiger partial charge in [-0.05, 0) is 48.8 Å². The third kappa shape index (κ3) is 4.58. The van der Waals surface area contributed by atoms with Gasteiger partial charge in [-0.3, -0.25) is 9.69 Å². The highest BCUT2D eigenvalue weighted by molar-refractivity contribution is 5.94. The van der Waals surface area contributed by atoms with Crippen LogP contribution < -0.4 is 5.32 Å². The molecular formula is C20H32N2O2. The van der Waals surface area contributed by atoms with Crippen molar-refractivity contribution in [3.05, 3.63) is 29.3 Å². The third-order valence-corrected chi connectivity index (χ3v) is 5.00. The molecule has 1 aliphatic heterocycles. The first kappa shape index (κ1) is 18.9. The molecule has 1 saturated heterocycles. The minimum absolute atomic E-state index is 0.0382. The van der Waals surface area contributed by atoms with Crippen molar-refractivity contribution in [3.63, 3.8) is 0 Å². The number of benzene rings is 1. The van der Waals surface area contributed by atoms with Gasteiger partial charge in [0.05, 0.1) is 12.6 Å². The second-order valence-electron chi connectivity index (χ2n) is 7.69. The van der Waals surface area contributed by atoms with Gasteiger partial charge in [-0.2, -0.15) is 0 Å². The standard InChI is InChI=1S/C20H32N2O2/c1-13(2)17-7-6-8-18(14(3)4)20(17)21-19(24)12-22-10-9-16(11-22)15(5)23/h6-8,13-16,23H,9-12H2,1-5H3,(H,21,24). The lowest BCUT2D eigenvalue weighted by Gasteiger charge is -2.22. The number of aliphatic hydroxyl groups is 1. The van der Waals surface area contributed by atoms with E-state index in [9.17, 15) is 9.90 Å². The summed E-state index contributed by atoms with van der Waals surface area (Å²) in [6, 6.07) is 6.28. The highest BCUT2D eigenvalue weighted by Crippen LogP contribution is 2.32. The number of para-hydroxylation sites is 1. The number of aliphatic hydroxyl groups excluding tert-OH is 1. The van der Waals surface area contributed by atoms with Crippen LogP contribution in [-0.2, 0) is 4.79 Å². The minimum Gasteiger partial charge on any atom is -0.393 e. The molecule has 4 nitrogen and oxygen atoms in total. The number of amides is 1. The molecule has 2 atom stereocenters. The first-order valence-corrected chi connectivity index (χ1v) is 9.12. The maximum absolute atomic E-state index is 12.6. The van der Waals surface area contributed by atoms with E-state index in [0.717, 1.165) is 25.2 Å². The molecular weight excluding hydrogens is 300 g/mol. The number of hydrogen-bond acceptors (Lipinski definition) is 3. The fraction of sp³-hybridized carbons (Fsp3) is 0.650. The number of nitrogens with zero attached hydrogens (tertiary/aromatic N) is 1. The van der Waals surface area contributed by atoms with Crippen LogP contribution in [0.1, 0.15) is 64.0 Å². The summed E-state index contributed by atoms with van der Waals surface area (Å²) < 4.78 is 0. The lowest BCUT2D eigenvalue weighted by Crippen LogP contribution is -2.33. The molecule has 2 rings (SSSR count). The second-order valence-corrected chi connectivity index (χ2v) is 7.69. The number of likely N-dealkylation sites (tertiary alicyclic amines) is 1. The van der Waals surface area contributed by atoms with Crippen molar-refractivity contribution in [2.45, 2.75) is 59.0 Å². The first-order chi connectivity index (χ1) is 11.3. The van der Waals surface area contributed by atoms with Gasteiger partial charge in [0.15, 0.2) is 0 Å². The molecule has 2 N–H and O–H groups in total. The molecule has 134 valence electrons. The lowest BCUT2D eigenvalue weighted by atomic mass is 9.92. The van der Waals surface area contributed by atoms with Gasteiger partial charge in [0.2, 0.25) is 5.91 Å². The van der Waals surface area contributed by atoms with Crippen molar-refractivity contribution in [2.75, 3.05) is 25.0 Å². The summed E-state index contributed by atoms with van der Waals surface area (Å²) in [6.07, 6.45) is 0.664. The highest BCUT2D eigenvalue weighted by atomic mass is 16.3. The molecule has 0 aromatic heterocycles. The molecule has 1 aromatic rings. The molecule has 0 saturated carbocycles. The monoisotopic (exact) mass is 332 g/mol. The van der Waals surface area contributed by atoms with Crippen molar-refractivity contribution in [1.82, 2.24) is 4.90 Å². The molecule has 1 aliphatic rings. The van der Waals surface area contributed by atoms with Gasteiger partial charge in [-0.1, -0.05) is 45.9 Å². The van der Waals surface area contributed by atoms with Crippen LogP contribution in [0.2, 0.25) is 0 Å². The Kier molecular flexibility index (Phi) is 6.41. The number of carbonyl (C=O) groups excluding carboxylic acids is 1. The van der Waals surface area contributed by atoms with Gasteiger partial charge in [0, 0.05) is 12.2 Å². The molecule has 1 aromatic carbocycles. The van der Waals surface area contributed by atoms with Gasteiger partial charge < -0.3 is 10.4 Å². The number of anilines is 1. The first-order valence-electron chi connectivity index (χ1n) is 9.12. The molecule has 4 heteroatoms. The van der Waals surface area contributed by atoms with Crippen LogP contribution in [0.15, 0.2) is 18.2 Å². The Bertz CT molecular complexity index is 541. The Labute approximate surface area is 146 Å². The Morgan fingerprint density at radius 1 is 1.21 bits per heavy atom. The van der Waals surface area contributed by atoms with Crippen molar-refractivity contribution in [3.8, 4) is 0 Å². The van der Waals surface area contributed by atoms with Gasteiger partial charge in [-0.25, -0.2) is 0 Å². The predicted octanol–water partition coefficient (Wildman–Crippen LogP) is 3.57. The Balaban J connectivity index is 2.09. The smallest absolute Gasteiger partial charge is 0.238 e. The molecule has 0 spiro atoms. The largest absolute Gasteiger partial charge is 0.393 e. The van der Waals surface area contributed by atoms with Crippen LogP contribution in [0, 0.1) is 5.92 Å². The number of carbonyl (C=O) groups is 1. The summed E-state index contributed by atoms with van der Waals surface area (Å²) in [4.78, 5) is 14.7. The fourth-order valence-electron chi connectivity index (χ4n) is 3.48. The van der Waals surface area contributed by atoms with Gasteiger partial charge in [0.1, 0.15) is 0 Å². The van der Waals surface area contributed by atoms with Crippen molar-refractivity contribution in [1.29, 1.82) is 0 Å². The fourth-order valence-corrected chi connectivity index (χ4v) is 3.48. The Morgan fingerprint density at radius 2 is 1.79 bits per heavy atom. The average Bonchev–Trinajstić information content (AvgIpc) is 2.95. The van der Waals surface area contributed by atoms with E-state index >= 15 is 0 Å². The van der Waals surface area contributed by atoms with Crippen molar-refractivity contribution in [2.24, 2.45) is 5.92 Å². The Hall–Kier alpha value is -1.39. The van der Waals surface area contributed by atoms with E-state index in [4.69, 9.17) is 0 Å². The van der Waals surface area contributed by atoms with Crippen molar-refractivity contribution >= 4 is 11.6 Å². The number of nitrogens with one attached hydrogen (secondary N) is 1. The van der Waals surface area contributed by atoms with E-state index in [1.807, 2.05) is 6.92 Å². The molecule has 24 heavy (non-hydrogen) atoms. The van der Waals surface area contributed by atoms with Crippen LogP contribution in [0.4, 0.5) is 5.69 Å². The molecule has 0 aliphatic carbocycles. The molecule has 2 unspecified atom stereocenters. The van der Waals surface area contributed by atoms with Gasteiger partial charge >= 0.3 is 0 Å². The Morgan fingerprint density at radius 3 is 2.25 bits per heavy atom. The third-order valence-electron chi connectivity index (χ3n) is 5.00. The quantitative estimate of drug-likeness (QED) is 0.837. The zero-order valence-electron chi connectivity index (χ0n) is 15.7. The van der Waals surface area contributed by atoms with E-state index in [1.54, 1.807) is 0 Å². The molecule has 0 bridgehead atoms. The second kappa shape index (κ2) is 8.13. The zero-order valence-corrected chi connectivity index (χ0v) is 15.7. The van der Waals surface area contributed by atoms with Crippen LogP contribution in [0.5, 0.6) is 0 Å².